The Hall–Kier alpha value is -0.585. The van der Waals surface area contributed by atoms with E-state index in [0.717, 1.165) is 12.1 Å². The monoisotopic (exact) mass is 328 g/mol. The quantitative estimate of drug-likeness (QED) is 0.563. The van der Waals surface area contributed by atoms with Gasteiger partial charge in [0, 0.05) is 39.9 Å². The summed E-state index contributed by atoms with van der Waals surface area (Å²) < 4.78 is 0. The fraction of sp³-hybridized carbons (Fsp3) is 0. The molecule has 0 fully saturated rings. The first-order valence-electron chi connectivity index (χ1n) is 3.00. The largest absolute Gasteiger partial charge is 0.504 e. The van der Waals surface area contributed by atoms with Gasteiger partial charge in [-0.15, -0.1) is 0 Å². The van der Waals surface area contributed by atoms with E-state index in [1.807, 2.05) is 0 Å². The van der Waals surface area contributed by atoms with Crippen molar-refractivity contribution in [1.29, 1.82) is 0 Å². The van der Waals surface area contributed by atoms with E-state index in [1.165, 1.54) is 0 Å². The Bertz CT molecular complexity index is 313. The molecular formula is C7H6GdO5. The van der Waals surface area contributed by atoms with Crippen LogP contribution in [0.25, 0.3) is 0 Å². The Morgan fingerprint density at radius 2 is 1.46 bits per heavy atom. The molecular weight excluding hydrogens is 321 g/mol. The molecule has 0 saturated heterocycles. The molecule has 72 valence electrons. The second kappa shape index (κ2) is 4.60. The number of benzene rings is 1. The van der Waals surface area contributed by atoms with Gasteiger partial charge in [-0.25, -0.2) is 4.79 Å². The summed E-state index contributed by atoms with van der Waals surface area (Å²) >= 11 is 0. The van der Waals surface area contributed by atoms with Crippen LogP contribution in [0, 0.1) is 39.9 Å². The van der Waals surface area contributed by atoms with Crippen LogP contribution in [0.3, 0.4) is 0 Å². The molecule has 5 nitrogen and oxygen atoms in total. The van der Waals surface area contributed by atoms with Crippen LogP contribution < -0.4 is 0 Å². The van der Waals surface area contributed by atoms with Gasteiger partial charge in [0.1, 0.15) is 0 Å². The number of aromatic carboxylic acids is 1. The van der Waals surface area contributed by atoms with Gasteiger partial charge in [-0.05, 0) is 12.1 Å². The molecule has 0 unspecified atom stereocenters. The fourth-order valence-electron chi connectivity index (χ4n) is 0.728. The first-order chi connectivity index (χ1) is 5.52. The number of aromatic hydroxyl groups is 3. The van der Waals surface area contributed by atoms with Crippen LogP contribution in [-0.2, 0) is 0 Å². The van der Waals surface area contributed by atoms with E-state index in [0.29, 0.717) is 0 Å². The van der Waals surface area contributed by atoms with Crippen molar-refractivity contribution >= 4 is 5.97 Å². The standard InChI is InChI=1S/C7H6O5.Gd/c8-4-1-3(7(11)12)2-5(9)6(4)10;/h1-2,8-10H,(H,11,12);. The molecule has 6 heteroatoms. The zero-order valence-corrected chi connectivity index (χ0v) is 8.47. The molecule has 1 aromatic rings. The Morgan fingerprint density at radius 1 is 1.08 bits per heavy atom. The maximum absolute atomic E-state index is 10.3. The smallest absolute Gasteiger partial charge is 0.335 e. The molecule has 0 atom stereocenters. The van der Waals surface area contributed by atoms with Crippen LogP contribution in [-0.4, -0.2) is 26.4 Å². The van der Waals surface area contributed by atoms with Crippen molar-refractivity contribution in [2.45, 2.75) is 0 Å². The van der Waals surface area contributed by atoms with Gasteiger partial charge < -0.3 is 20.4 Å². The molecule has 0 spiro atoms. The van der Waals surface area contributed by atoms with Crippen molar-refractivity contribution in [2.24, 2.45) is 0 Å². The SMILES string of the molecule is O=C(O)c1cc(O)c(O)c(O)c1.[Gd]. The van der Waals surface area contributed by atoms with Crippen molar-refractivity contribution in [2.75, 3.05) is 0 Å². The van der Waals surface area contributed by atoms with Gasteiger partial charge in [-0.2, -0.15) is 0 Å². The van der Waals surface area contributed by atoms with Crippen LogP contribution in [0.2, 0.25) is 0 Å². The van der Waals surface area contributed by atoms with E-state index in [2.05, 4.69) is 0 Å². The number of phenolic OH excluding ortho intramolecular Hbond substituents is 3. The number of hydrogen-bond donors (Lipinski definition) is 4. The van der Waals surface area contributed by atoms with Gasteiger partial charge in [0.15, 0.2) is 17.2 Å². The first-order valence-corrected chi connectivity index (χ1v) is 3.00. The predicted molar refractivity (Wildman–Crippen MR) is 38.4 cm³/mol. The Kier molecular flexibility index (Phi) is 4.39. The molecule has 0 bridgehead atoms. The molecule has 0 aromatic heterocycles. The second-order valence-corrected chi connectivity index (χ2v) is 2.17. The fourth-order valence-corrected chi connectivity index (χ4v) is 0.728. The second-order valence-electron chi connectivity index (χ2n) is 2.17. The van der Waals surface area contributed by atoms with Gasteiger partial charge in [0.2, 0.25) is 0 Å². The Labute approximate surface area is 105 Å². The van der Waals surface area contributed by atoms with Crippen LogP contribution in [0.15, 0.2) is 12.1 Å². The summed E-state index contributed by atoms with van der Waals surface area (Å²) in [6, 6.07) is 1.69. The first kappa shape index (κ1) is 12.4. The third-order valence-corrected chi connectivity index (χ3v) is 1.32. The van der Waals surface area contributed by atoms with E-state index < -0.39 is 23.2 Å². The normalized spacial score (nSPS) is 8.92. The number of carboxylic acid groups (broad SMARTS) is 1. The summed E-state index contributed by atoms with van der Waals surface area (Å²) in [5.74, 6) is -3.33. The van der Waals surface area contributed by atoms with Crippen molar-refractivity contribution in [1.82, 2.24) is 0 Å². The van der Waals surface area contributed by atoms with Gasteiger partial charge in [-0.3, -0.25) is 0 Å². The minimum absolute atomic E-state index is 0. The Balaban J connectivity index is 0.00000144. The number of phenols is 3. The van der Waals surface area contributed by atoms with E-state index >= 15 is 0 Å². The summed E-state index contributed by atoms with van der Waals surface area (Å²) in [7, 11) is 0. The summed E-state index contributed by atoms with van der Waals surface area (Å²) in [5.41, 5.74) is -0.289. The van der Waals surface area contributed by atoms with Gasteiger partial charge in [0.05, 0.1) is 5.56 Å². The minimum Gasteiger partial charge on any atom is -0.504 e. The van der Waals surface area contributed by atoms with Gasteiger partial charge >= 0.3 is 5.97 Å². The number of carboxylic acids is 1. The van der Waals surface area contributed by atoms with E-state index in [4.69, 9.17) is 20.4 Å². The zero-order chi connectivity index (χ0) is 9.30. The van der Waals surface area contributed by atoms with Crippen LogP contribution in [0.1, 0.15) is 10.4 Å². The molecule has 0 radical (unpaired) electrons. The van der Waals surface area contributed by atoms with Crippen molar-refractivity contribution < 1.29 is 65.2 Å². The topological polar surface area (TPSA) is 98.0 Å². The van der Waals surface area contributed by atoms with Gasteiger partial charge in [-0.1, -0.05) is 0 Å². The molecule has 0 heterocycles. The molecule has 0 aliphatic rings. The zero-order valence-electron chi connectivity index (χ0n) is 6.21. The maximum atomic E-state index is 10.3. The van der Waals surface area contributed by atoms with Crippen LogP contribution in [0.5, 0.6) is 17.2 Å². The average molecular weight is 327 g/mol. The van der Waals surface area contributed by atoms with E-state index in [1.54, 1.807) is 0 Å². The van der Waals surface area contributed by atoms with Crippen LogP contribution >= 0.6 is 0 Å². The molecule has 0 aliphatic carbocycles. The molecule has 0 aliphatic heterocycles. The van der Waals surface area contributed by atoms with Crippen molar-refractivity contribution in [3.8, 4) is 17.2 Å². The summed E-state index contributed by atoms with van der Waals surface area (Å²) in [5, 5.41) is 35.0. The summed E-state index contributed by atoms with van der Waals surface area (Å²) in [4.78, 5) is 10.3. The van der Waals surface area contributed by atoms with E-state index in [9.17, 15) is 4.79 Å². The minimum atomic E-state index is -1.29. The molecule has 13 heavy (non-hydrogen) atoms. The molecule has 0 amide bonds. The maximum Gasteiger partial charge on any atom is 0.335 e. The number of hydrogen-bond acceptors (Lipinski definition) is 4. The summed E-state index contributed by atoms with van der Waals surface area (Å²) in [6.45, 7) is 0. The van der Waals surface area contributed by atoms with Crippen LogP contribution in [0.4, 0.5) is 0 Å². The molecule has 0 saturated carbocycles. The van der Waals surface area contributed by atoms with Crippen molar-refractivity contribution in [3.05, 3.63) is 17.7 Å². The average Bonchev–Trinajstić information content (AvgIpc) is 1.99. The third kappa shape index (κ3) is 2.68. The number of rotatable bonds is 1. The molecule has 1 aromatic carbocycles. The Morgan fingerprint density at radius 3 is 1.77 bits per heavy atom. The summed E-state index contributed by atoms with van der Waals surface area (Å²) in [6.07, 6.45) is 0. The number of carbonyl (C=O) groups is 1. The third-order valence-electron chi connectivity index (χ3n) is 1.32. The van der Waals surface area contributed by atoms with E-state index in [-0.39, 0.29) is 45.5 Å². The van der Waals surface area contributed by atoms with Gasteiger partial charge in [0.25, 0.3) is 0 Å². The predicted octanol–water partition coefficient (Wildman–Crippen LogP) is 0.502. The molecule has 1 rings (SSSR count). The molecule has 4 N–H and O–H groups in total. The van der Waals surface area contributed by atoms with Crippen molar-refractivity contribution in [3.63, 3.8) is 0 Å².